The van der Waals surface area contributed by atoms with E-state index in [1.54, 1.807) is 6.20 Å². The average Bonchev–Trinajstić information content (AvgIpc) is 3.11. The number of hydrogen-bond donors (Lipinski definition) is 1. The van der Waals surface area contributed by atoms with E-state index in [1.807, 2.05) is 42.7 Å². The van der Waals surface area contributed by atoms with Gasteiger partial charge in [-0.3, -0.25) is 4.79 Å². The highest BCUT2D eigenvalue weighted by Crippen LogP contribution is 2.31. The SMILES string of the molecule is Cc1cnc(-c2ccc(C(F)(F)F)cc2)n1Cc1ccccc1OCCCC(C)CC(=O)O. The van der Waals surface area contributed by atoms with Crippen LogP contribution in [0.3, 0.4) is 0 Å². The molecule has 0 spiro atoms. The Hall–Kier alpha value is -3.29. The van der Waals surface area contributed by atoms with Crippen molar-refractivity contribution in [2.45, 2.75) is 45.8 Å². The Kier molecular flexibility index (Phi) is 7.79. The van der Waals surface area contributed by atoms with Gasteiger partial charge in [-0.05, 0) is 43.9 Å². The first-order chi connectivity index (χ1) is 15.6. The summed E-state index contributed by atoms with van der Waals surface area (Å²) in [5.74, 6) is 0.586. The molecule has 1 unspecified atom stereocenters. The number of imidazole rings is 1. The molecule has 0 aliphatic carbocycles. The molecule has 5 nitrogen and oxygen atoms in total. The van der Waals surface area contributed by atoms with Crippen LogP contribution in [0, 0.1) is 12.8 Å². The number of para-hydroxylation sites is 1. The molecule has 33 heavy (non-hydrogen) atoms. The minimum absolute atomic E-state index is 0.0845. The molecule has 1 N–H and O–H groups in total. The molecular formula is C25H27F3N2O3. The fourth-order valence-electron chi connectivity index (χ4n) is 3.66. The van der Waals surface area contributed by atoms with E-state index in [2.05, 4.69) is 4.98 Å². The average molecular weight is 460 g/mol. The fourth-order valence-corrected chi connectivity index (χ4v) is 3.66. The maximum atomic E-state index is 12.9. The molecular weight excluding hydrogens is 433 g/mol. The lowest BCUT2D eigenvalue weighted by atomic mass is 10.0. The summed E-state index contributed by atoms with van der Waals surface area (Å²) in [5, 5.41) is 8.86. The third kappa shape index (κ3) is 6.60. The van der Waals surface area contributed by atoms with Crippen LogP contribution in [0.1, 0.15) is 43.0 Å². The highest BCUT2D eigenvalue weighted by atomic mass is 19.4. The Balaban J connectivity index is 1.72. The lowest BCUT2D eigenvalue weighted by Crippen LogP contribution is -2.09. The first kappa shape index (κ1) is 24.4. The smallest absolute Gasteiger partial charge is 0.416 e. The van der Waals surface area contributed by atoms with E-state index in [4.69, 9.17) is 9.84 Å². The zero-order valence-electron chi connectivity index (χ0n) is 18.6. The Morgan fingerprint density at radius 2 is 1.85 bits per heavy atom. The number of aromatic nitrogens is 2. The standard InChI is InChI=1S/C25H27F3N2O3/c1-17(14-23(31)32)6-5-13-33-22-8-4-3-7-20(22)16-30-18(2)15-29-24(30)19-9-11-21(12-10-19)25(26,27)28/h3-4,7-12,15,17H,5-6,13-14,16H2,1-2H3,(H,31,32). The second-order valence-electron chi connectivity index (χ2n) is 8.19. The molecule has 0 aliphatic rings. The summed E-state index contributed by atoms with van der Waals surface area (Å²) < 4.78 is 46.6. The van der Waals surface area contributed by atoms with E-state index in [0.29, 0.717) is 24.5 Å². The minimum Gasteiger partial charge on any atom is -0.493 e. The quantitative estimate of drug-likeness (QED) is 0.366. The zero-order chi connectivity index (χ0) is 24.0. The van der Waals surface area contributed by atoms with Crippen LogP contribution in [-0.2, 0) is 17.5 Å². The molecule has 1 aromatic heterocycles. The molecule has 8 heteroatoms. The van der Waals surface area contributed by atoms with Crippen LogP contribution in [0.4, 0.5) is 13.2 Å². The molecule has 3 aromatic rings. The van der Waals surface area contributed by atoms with Gasteiger partial charge >= 0.3 is 12.1 Å². The van der Waals surface area contributed by atoms with Gasteiger partial charge in [0.25, 0.3) is 0 Å². The van der Waals surface area contributed by atoms with Crippen LogP contribution in [-0.4, -0.2) is 27.2 Å². The van der Waals surface area contributed by atoms with Crippen molar-refractivity contribution in [2.75, 3.05) is 6.61 Å². The third-order valence-electron chi connectivity index (χ3n) is 5.45. The number of aliphatic carboxylic acids is 1. The van der Waals surface area contributed by atoms with Gasteiger partial charge in [0.15, 0.2) is 0 Å². The van der Waals surface area contributed by atoms with Crippen molar-refractivity contribution in [3.8, 4) is 17.1 Å². The Morgan fingerprint density at radius 3 is 2.52 bits per heavy atom. The van der Waals surface area contributed by atoms with Crippen LogP contribution in [0.2, 0.25) is 0 Å². The van der Waals surface area contributed by atoms with E-state index < -0.39 is 17.7 Å². The van der Waals surface area contributed by atoms with Crippen LogP contribution in [0.15, 0.2) is 54.7 Å². The number of hydrogen-bond acceptors (Lipinski definition) is 3. The van der Waals surface area contributed by atoms with E-state index in [1.165, 1.54) is 12.1 Å². The van der Waals surface area contributed by atoms with Crippen molar-refractivity contribution in [2.24, 2.45) is 5.92 Å². The second kappa shape index (κ2) is 10.6. The molecule has 0 bridgehead atoms. The van der Waals surface area contributed by atoms with Crippen molar-refractivity contribution in [3.05, 3.63) is 71.5 Å². The van der Waals surface area contributed by atoms with E-state index in [-0.39, 0.29) is 12.3 Å². The summed E-state index contributed by atoms with van der Waals surface area (Å²) in [6, 6.07) is 12.6. The van der Waals surface area contributed by atoms with E-state index >= 15 is 0 Å². The summed E-state index contributed by atoms with van der Waals surface area (Å²) in [4.78, 5) is 15.2. The van der Waals surface area contributed by atoms with Crippen LogP contribution >= 0.6 is 0 Å². The van der Waals surface area contributed by atoms with Crippen molar-refractivity contribution < 1.29 is 27.8 Å². The first-order valence-corrected chi connectivity index (χ1v) is 10.8. The van der Waals surface area contributed by atoms with Gasteiger partial charge < -0.3 is 14.4 Å². The van der Waals surface area contributed by atoms with Crippen molar-refractivity contribution >= 4 is 5.97 Å². The summed E-state index contributed by atoms with van der Waals surface area (Å²) in [6.07, 6.45) is -1.05. The lowest BCUT2D eigenvalue weighted by Gasteiger charge is -2.16. The molecule has 0 aliphatic heterocycles. The lowest BCUT2D eigenvalue weighted by molar-refractivity contribution is -0.138. The first-order valence-electron chi connectivity index (χ1n) is 10.8. The van der Waals surface area contributed by atoms with E-state index in [9.17, 15) is 18.0 Å². The van der Waals surface area contributed by atoms with Crippen LogP contribution in [0.5, 0.6) is 5.75 Å². The molecule has 1 heterocycles. The van der Waals surface area contributed by atoms with Gasteiger partial charge in [-0.15, -0.1) is 0 Å². The van der Waals surface area contributed by atoms with Gasteiger partial charge in [-0.1, -0.05) is 37.3 Å². The van der Waals surface area contributed by atoms with Gasteiger partial charge in [0.05, 0.1) is 18.7 Å². The summed E-state index contributed by atoms with van der Waals surface area (Å²) in [7, 11) is 0. The number of carboxylic acid groups (broad SMARTS) is 1. The van der Waals surface area contributed by atoms with Crippen LogP contribution in [0.25, 0.3) is 11.4 Å². The highest BCUT2D eigenvalue weighted by molar-refractivity contribution is 5.66. The van der Waals surface area contributed by atoms with Gasteiger partial charge in [0.1, 0.15) is 11.6 Å². The second-order valence-corrected chi connectivity index (χ2v) is 8.19. The number of carbonyl (C=O) groups is 1. The molecule has 0 saturated carbocycles. The number of carboxylic acids is 1. The normalized spacial score (nSPS) is 12.5. The Bertz CT molecular complexity index is 1080. The maximum absolute atomic E-state index is 12.9. The number of ether oxygens (including phenoxy) is 1. The van der Waals surface area contributed by atoms with Crippen molar-refractivity contribution in [1.82, 2.24) is 9.55 Å². The van der Waals surface area contributed by atoms with Gasteiger partial charge in [-0.2, -0.15) is 13.2 Å². The number of aryl methyl sites for hydroxylation is 1. The molecule has 0 radical (unpaired) electrons. The summed E-state index contributed by atoms with van der Waals surface area (Å²) >= 11 is 0. The van der Waals surface area contributed by atoms with Crippen molar-refractivity contribution in [3.63, 3.8) is 0 Å². The predicted octanol–water partition coefficient (Wildman–Crippen LogP) is 6.20. The maximum Gasteiger partial charge on any atom is 0.416 e. The van der Waals surface area contributed by atoms with Gasteiger partial charge in [0, 0.05) is 29.4 Å². The highest BCUT2D eigenvalue weighted by Gasteiger charge is 2.30. The van der Waals surface area contributed by atoms with Gasteiger partial charge in [0.2, 0.25) is 0 Å². The van der Waals surface area contributed by atoms with Crippen molar-refractivity contribution in [1.29, 1.82) is 0 Å². The molecule has 3 rings (SSSR count). The molecule has 0 amide bonds. The summed E-state index contributed by atoms with van der Waals surface area (Å²) in [6.45, 7) is 4.73. The zero-order valence-corrected chi connectivity index (χ0v) is 18.6. The summed E-state index contributed by atoms with van der Waals surface area (Å²) in [5.41, 5.74) is 1.70. The Morgan fingerprint density at radius 1 is 1.15 bits per heavy atom. The third-order valence-corrected chi connectivity index (χ3v) is 5.45. The molecule has 0 saturated heterocycles. The number of nitrogens with zero attached hydrogens (tertiary/aromatic N) is 2. The molecule has 0 fully saturated rings. The monoisotopic (exact) mass is 460 g/mol. The molecule has 176 valence electrons. The number of alkyl halides is 3. The van der Waals surface area contributed by atoms with Gasteiger partial charge in [-0.25, -0.2) is 4.98 Å². The molecule has 2 aromatic carbocycles. The van der Waals surface area contributed by atoms with E-state index in [0.717, 1.165) is 42.0 Å². The number of benzene rings is 2. The molecule has 1 atom stereocenters. The predicted molar refractivity (Wildman–Crippen MR) is 119 cm³/mol. The minimum atomic E-state index is -4.38. The number of halogens is 3. The topological polar surface area (TPSA) is 64.4 Å². The van der Waals surface area contributed by atoms with Crippen LogP contribution < -0.4 is 4.74 Å². The number of rotatable bonds is 10. The Labute approximate surface area is 190 Å². The largest absolute Gasteiger partial charge is 0.493 e. The fraction of sp³-hybridized carbons (Fsp3) is 0.360.